The molecule has 2 aromatic rings. The summed E-state index contributed by atoms with van der Waals surface area (Å²) in [6.07, 6.45) is 2.98. The van der Waals surface area contributed by atoms with Crippen LogP contribution in [0.15, 0.2) is 30.5 Å². The minimum atomic E-state index is 0.138. The van der Waals surface area contributed by atoms with Gasteiger partial charge in [-0.15, -0.1) is 9.94 Å². The Bertz CT molecular complexity index is 427. The maximum atomic E-state index is 5.64. The Balaban J connectivity index is 1.84. The maximum absolute atomic E-state index is 5.64. The molecule has 0 aliphatic carbocycles. The molecule has 1 aromatic heterocycles. The van der Waals surface area contributed by atoms with Crippen molar-refractivity contribution in [3.63, 3.8) is 0 Å². The molecular formula is C11H12N2O2. The Labute approximate surface area is 87.4 Å². The van der Waals surface area contributed by atoms with Gasteiger partial charge in [0, 0.05) is 11.8 Å². The van der Waals surface area contributed by atoms with E-state index in [0.717, 1.165) is 23.9 Å². The molecule has 0 bridgehead atoms. The maximum Gasteiger partial charge on any atom is 0.152 e. The molecule has 78 valence electrons. The molecule has 1 aliphatic heterocycles. The van der Waals surface area contributed by atoms with Crippen LogP contribution < -0.4 is 4.84 Å². The van der Waals surface area contributed by atoms with Crippen LogP contribution in [-0.2, 0) is 4.74 Å². The fourth-order valence-corrected chi connectivity index (χ4v) is 1.74. The standard InChI is InChI=1S/C11H12N2O2/c1-2-4-11-9(3-1)7-13(12-11)15-10-5-6-14-8-10/h1-4,7,10H,5-6,8H2. The van der Waals surface area contributed by atoms with E-state index in [9.17, 15) is 0 Å². The molecule has 1 atom stereocenters. The first-order chi connectivity index (χ1) is 7.42. The zero-order valence-corrected chi connectivity index (χ0v) is 8.30. The largest absolute Gasteiger partial charge is 0.391 e. The van der Waals surface area contributed by atoms with Crippen LogP contribution in [0.2, 0.25) is 0 Å². The van der Waals surface area contributed by atoms with E-state index < -0.39 is 0 Å². The molecule has 0 radical (unpaired) electrons. The summed E-state index contributed by atoms with van der Waals surface area (Å²) in [6, 6.07) is 7.96. The van der Waals surface area contributed by atoms with Gasteiger partial charge >= 0.3 is 0 Å². The topological polar surface area (TPSA) is 36.3 Å². The van der Waals surface area contributed by atoms with E-state index in [-0.39, 0.29) is 6.10 Å². The number of nitrogens with zero attached hydrogens (tertiary/aromatic N) is 2. The van der Waals surface area contributed by atoms with Gasteiger partial charge in [-0.2, -0.15) is 0 Å². The molecule has 1 aliphatic rings. The van der Waals surface area contributed by atoms with E-state index in [2.05, 4.69) is 5.10 Å². The second kappa shape index (κ2) is 3.55. The van der Waals surface area contributed by atoms with E-state index in [1.54, 1.807) is 4.85 Å². The number of fused-ring (bicyclic) bond motifs is 1. The minimum Gasteiger partial charge on any atom is -0.391 e. The van der Waals surface area contributed by atoms with Crippen molar-refractivity contribution in [1.82, 2.24) is 9.94 Å². The normalized spacial score (nSPS) is 20.9. The number of ether oxygens (including phenoxy) is 1. The molecule has 4 nitrogen and oxygen atoms in total. The highest BCUT2D eigenvalue weighted by atomic mass is 16.7. The third-order valence-electron chi connectivity index (χ3n) is 2.54. The summed E-state index contributed by atoms with van der Waals surface area (Å²) in [7, 11) is 0. The molecule has 1 aromatic carbocycles. The summed E-state index contributed by atoms with van der Waals surface area (Å²) < 4.78 is 5.24. The van der Waals surface area contributed by atoms with Crippen LogP contribution in [0.4, 0.5) is 0 Å². The average molecular weight is 204 g/mol. The second-order valence-electron chi connectivity index (χ2n) is 3.68. The Hall–Kier alpha value is -1.55. The van der Waals surface area contributed by atoms with E-state index in [1.165, 1.54) is 0 Å². The molecule has 3 rings (SSSR count). The van der Waals surface area contributed by atoms with Crippen molar-refractivity contribution in [3.05, 3.63) is 30.5 Å². The van der Waals surface area contributed by atoms with Gasteiger partial charge in [0.2, 0.25) is 0 Å². The second-order valence-corrected chi connectivity index (χ2v) is 3.68. The molecule has 4 heteroatoms. The molecule has 15 heavy (non-hydrogen) atoms. The van der Waals surface area contributed by atoms with Gasteiger partial charge < -0.3 is 9.57 Å². The zero-order valence-electron chi connectivity index (χ0n) is 8.30. The van der Waals surface area contributed by atoms with Crippen LogP contribution in [0.1, 0.15) is 6.42 Å². The van der Waals surface area contributed by atoms with Crippen LogP contribution in [0, 0.1) is 0 Å². The molecule has 0 saturated carbocycles. The fraction of sp³-hybridized carbons (Fsp3) is 0.364. The molecule has 1 saturated heterocycles. The first-order valence-corrected chi connectivity index (χ1v) is 5.11. The van der Waals surface area contributed by atoms with Gasteiger partial charge in [-0.3, -0.25) is 0 Å². The van der Waals surface area contributed by atoms with Gasteiger partial charge in [0.25, 0.3) is 0 Å². The lowest BCUT2D eigenvalue weighted by Gasteiger charge is -2.09. The first-order valence-electron chi connectivity index (χ1n) is 5.11. The lowest BCUT2D eigenvalue weighted by Crippen LogP contribution is -2.25. The van der Waals surface area contributed by atoms with Gasteiger partial charge in [0.1, 0.15) is 0 Å². The van der Waals surface area contributed by atoms with Crippen molar-refractivity contribution in [2.45, 2.75) is 12.5 Å². The molecule has 1 unspecified atom stereocenters. The summed E-state index contributed by atoms with van der Waals surface area (Å²) in [4.78, 5) is 7.19. The zero-order chi connectivity index (χ0) is 10.1. The third-order valence-corrected chi connectivity index (χ3v) is 2.54. The summed E-state index contributed by atoms with van der Waals surface area (Å²) in [5.74, 6) is 0. The molecule has 0 spiro atoms. The summed E-state index contributed by atoms with van der Waals surface area (Å²) in [5, 5.41) is 5.41. The van der Waals surface area contributed by atoms with Gasteiger partial charge in [-0.05, 0) is 6.07 Å². The van der Waals surface area contributed by atoms with Gasteiger partial charge in [-0.25, -0.2) is 0 Å². The van der Waals surface area contributed by atoms with Crippen molar-refractivity contribution in [3.8, 4) is 0 Å². The van der Waals surface area contributed by atoms with Crippen molar-refractivity contribution >= 4 is 10.9 Å². The van der Waals surface area contributed by atoms with Crippen LogP contribution in [-0.4, -0.2) is 29.3 Å². The van der Waals surface area contributed by atoms with Crippen LogP contribution >= 0.6 is 0 Å². The summed E-state index contributed by atoms with van der Waals surface area (Å²) in [6.45, 7) is 1.45. The summed E-state index contributed by atoms with van der Waals surface area (Å²) in [5.41, 5.74) is 0.955. The lowest BCUT2D eigenvalue weighted by molar-refractivity contribution is 0.0106. The molecule has 0 N–H and O–H groups in total. The highest BCUT2D eigenvalue weighted by Gasteiger charge is 2.18. The van der Waals surface area contributed by atoms with Crippen molar-refractivity contribution in [2.24, 2.45) is 0 Å². The van der Waals surface area contributed by atoms with Crippen LogP contribution in [0.3, 0.4) is 0 Å². The highest BCUT2D eigenvalue weighted by molar-refractivity contribution is 5.77. The quantitative estimate of drug-likeness (QED) is 0.738. The third kappa shape index (κ3) is 1.68. The predicted molar refractivity (Wildman–Crippen MR) is 55.5 cm³/mol. The average Bonchev–Trinajstić information content (AvgIpc) is 2.86. The Morgan fingerprint density at radius 3 is 3.13 bits per heavy atom. The van der Waals surface area contributed by atoms with Gasteiger partial charge in [-0.1, -0.05) is 18.2 Å². The SMILES string of the molecule is c1ccc2nn(OC3CCOC3)cc2c1. The Morgan fingerprint density at radius 2 is 2.33 bits per heavy atom. The highest BCUT2D eigenvalue weighted by Crippen LogP contribution is 2.11. The Kier molecular flexibility index (Phi) is 2.07. The molecule has 1 fully saturated rings. The molecule has 0 amide bonds. The van der Waals surface area contributed by atoms with Crippen LogP contribution in [0.25, 0.3) is 10.9 Å². The first kappa shape index (κ1) is 8.73. The Morgan fingerprint density at radius 1 is 1.40 bits per heavy atom. The van der Waals surface area contributed by atoms with Crippen molar-refractivity contribution in [1.29, 1.82) is 0 Å². The fourth-order valence-electron chi connectivity index (χ4n) is 1.74. The monoisotopic (exact) mass is 204 g/mol. The lowest BCUT2D eigenvalue weighted by atomic mass is 10.3. The van der Waals surface area contributed by atoms with E-state index in [1.807, 2.05) is 30.5 Å². The summed E-state index contributed by atoms with van der Waals surface area (Å²) >= 11 is 0. The molecular weight excluding hydrogens is 192 g/mol. The number of hydrogen-bond donors (Lipinski definition) is 0. The van der Waals surface area contributed by atoms with Gasteiger partial charge in [0.15, 0.2) is 6.10 Å². The number of benzene rings is 1. The smallest absolute Gasteiger partial charge is 0.152 e. The predicted octanol–water partition coefficient (Wildman–Crippen LogP) is 1.25. The number of aromatic nitrogens is 2. The van der Waals surface area contributed by atoms with E-state index in [4.69, 9.17) is 9.57 Å². The minimum absolute atomic E-state index is 0.138. The van der Waals surface area contributed by atoms with Crippen LogP contribution in [0.5, 0.6) is 0 Å². The van der Waals surface area contributed by atoms with Crippen molar-refractivity contribution in [2.75, 3.05) is 13.2 Å². The molecule has 2 heterocycles. The number of hydrogen-bond acceptors (Lipinski definition) is 3. The van der Waals surface area contributed by atoms with E-state index >= 15 is 0 Å². The number of rotatable bonds is 2. The van der Waals surface area contributed by atoms with Gasteiger partial charge in [0.05, 0.1) is 24.9 Å². The van der Waals surface area contributed by atoms with E-state index in [0.29, 0.717) is 6.61 Å². The van der Waals surface area contributed by atoms with Crippen molar-refractivity contribution < 1.29 is 9.57 Å².